The average molecular weight is 280 g/mol. The molecular weight excluding hydrogens is 262 g/mol. The summed E-state index contributed by atoms with van der Waals surface area (Å²) in [7, 11) is 0. The number of hydrogen-bond acceptors (Lipinski definition) is 2. The van der Waals surface area contributed by atoms with Gasteiger partial charge in [0.25, 0.3) is 5.91 Å². The number of halogens is 1. The number of H-pyrrole nitrogens is 1. The van der Waals surface area contributed by atoms with Crippen molar-refractivity contribution in [1.82, 2.24) is 10.3 Å². The Hall–Kier alpha value is -1.52. The van der Waals surface area contributed by atoms with Crippen LogP contribution in [0.5, 0.6) is 0 Å². The van der Waals surface area contributed by atoms with Crippen molar-refractivity contribution in [1.29, 1.82) is 0 Å². The number of carbonyl (C=O) groups excluding carboxylic acids is 1. The highest BCUT2D eigenvalue weighted by Gasteiger charge is 2.26. The van der Waals surface area contributed by atoms with Crippen LogP contribution in [-0.4, -0.2) is 24.0 Å². The van der Waals surface area contributed by atoms with Crippen molar-refractivity contribution in [2.75, 3.05) is 13.1 Å². The molecule has 0 aliphatic carbocycles. The Labute approximate surface area is 118 Å². The van der Waals surface area contributed by atoms with E-state index < -0.39 is 0 Å². The number of nitrogens with two attached hydrogens (primary N) is 1. The van der Waals surface area contributed by atoms with Gasteiger partial charge in [-0.3, -0.25) is 4.79 Å². The number of primary amides is 1. The Kier molecular flexibility index (Phi) is 3.83. The van der Waals surface area contributed by atoms with Gasteiger partial charge in [0.1, 0.15) is 0 Å². The molecular formula is C14H18ClN3O. The van der Waals surface area contributed by atoms with Gasteiger partial charge >= 0.3 is 0 Å². The first kappa shape index (κ1) is 13.9. The van der Waals surface area contributed by atoms with Crippen LogP contribution in [0.4, 0.5) is 0 Å². The molecule has 1 atom stereocenters. The van der Waals surface area contributed by atoms with Gasteiger partial charge in [-0.2, -0.15) is 0 Å². The minimum Gasteiger partial charge on any atom is -0.366 e. The Balaban J connectivity index is 0.00000133. The van der Waals surface area contributed by atoms with Crippen molar-refractivity contribution >= 4 is 29.2 Å². The maximum Gasteiger partial charge on any atom is 0.250 e. The number of rotatable bonds is 3. The second kappa shape index (κ2) is 5.23. The van der Waals surface area contributed by atoms with E-state index in [0.29, 0.717) is 17.4 Å². The van der Waals surface area contributed by atoms with Gasteiger partial charge in [0, 0.05) is 11.6 Å². The second-order valence-corrected chi connectivity index (χ2v) is 5.04. The fourth-order valence-electron chi connectivity index (χ4n) is 2.70. The molecule has 1 aliphatic rings. The number of fused-ring (bicyclic) bond motifs is 1. The summed E-state index contributed by atoms with van der Waals surface area (Å²) in [5, 5.41) is 4.42. The average Bonchev–Trinajstić information content (AvgIpc) is 2.73. The van der Waals surface area contributed by atoms with Gasteiger partial charge in [-0.1, -0.05) is 13.0 Å². The standard InChI is InChI=1S/C14H17N3O.ClH/c1-8(9-6-16-7-9)10-2-3-12(14(15)18)13-11(10)4-5-17-13;/h2-5,8-9,16-17H,6-7H2,1H3,(H2,15,18);1H/t8-;/m0./s1. The predicted molar refractivity (Wildman–Crippen MR) is 78.8 cm³/mol. The number of benzene rings is 1. The lowest BCUT2D eigenvalue weighted by molar-refractivity contribution is 0.100. The minimum atomic E-state index is -0.382. The Morgan fingerprint density at radius 2 is 2.11 bits per heavy atom. The zero-order chi connectivity index (χ0) is 12.7. The van der Waals surface area contributed by atoms with Crippen LogP contribution in [0.15, 0.2) is 24.4 Å². The van der Waals surface area contributed by atoms with E-state index in [9.17, 15) is 4.79 Å². The van der Waals surface area contributed by atoms with Crippen LogP contribution < -0.4 is 11.1 Å². The maximum absolute atomic E-state index is 11.4. The third-order valence-electron chi connectivity index (χ3n) is 4.03. The highest BCUT2D eigenvalue weighted by atomic mass is 35.5. The number of hydrogen-bond donors (Lipinski definition) is 3. The lowest BCUT2D eigenvalue weighted by Crippen LogP contribution is -2.44. The molecule has 0 spiro atoms. The maximum atomic E-state index is 11.4. The zero-order valence-electron chi connectivity index (χ0n) is 10.8. The van der Waals surface area contributed by atoms with Gasteiger partial charge in [-0.25, -0.2) is 0 Å². The largest absolute Gasteiger partial charge is 0.366 e. The Morgan fingerprint density at radius 3 is 2.68 bits per heavy atom. The molecule has 1 aromatic carbocycles. The molecule has 1 fully saturated rings. The topological polar surface area (TPSA) is 70.9 Å². The van der Waals surface area contributed by atoms with Crippen LogP contribution in [0.25, 0.3) is 10.9 Å². The molecule has 1 amide bonds. The molecule has 0 unspecified atom stereocenters. The van der Waals surface area contributed by atoms with Gasteiger partial charge in [-0.05, 0) is 42.6 Å². The van der Waals surface area contributed by atoms with Crippen LogP contribution in [0, 0.1) is 5.92 Å². The van der Waals surface area contributed by atoms with Crippen molar-refractivity contribution in [2.24, 2.45) is 11.7 Å². The van der Waals surface area contributed by atoms with Crippen molar-refractivity contribution < 1.29 is 4.79 Å². The van der Waals surface area contributed by atoms with E-state index in [-0.39, 0.29) is 18.3 Å². The molecule has 1 aromatic heterocycles. The van der Waals surface area contributed by atoms with E-state index in [4.69, 9.17) is 5.73 Å². The first-order chi connectivity index (χ1) is 8.68. The van der Waals surface area contributed by atoms with Crippen molar-refractivity contribution in [3.63, 3.8) is 0 Å². The molecule has 0 radical (unpaired) electrons. The molecule has 0 bridgehead atoms. The minimum absolute atomic E-state index is 0. The van der Waals surface area contributed by atoms with Crippen molar-refractivity contribution in [3.05, 3.63) is 35.5 Å². The van der Waals surface area contributed by atoms with E-state index in [0.717, 1.165) is 24.0 Å². The van der Waals surface area contributed by atoms with Gasteiger partial charge in [0.15, 0.2) is 0 Å². The van der Waals surface area contributed by atoms with E-state index in [1.807, 2.05) is 24.4 Å². The van der Waals surface area contributed by atoms with E-state index in [1.54, 1.807) is 0 Å². The summed E-state index contributed by atoms with van der Waals surface area (Å²) in [5.74, 6) is 0.793. The Bertz CT molecular complexity index is 604. The van der Waals surface area contributed by atoms with Crippen LogP contribution in [-0.2, 0) is 0 Å². The number of carbonyl (C=O) groups is 1. The van der Waals surface area contributed by atoms with Gasteiger partial charge in [0.2, 0.25) is 0 Å². The third-order valence-corrected chi connectivity index (χ3v) is 4.03. The highest BCUT2D eigenvalue weighted by Crippen LogP contribution is 2.33. The van der Waals surface area contributed by atoms with Crippen molar-refractivity contribution in [3.8, 4) is 0 Å². The monoisotopic (exact) mass is 279 g/mol. The van der Waals surface area contributed by atoms with Gasteiger partial charge < -0.3 is 16.0 Å². The molecule has 4 nitrogen and oxygen atoms in total. The summed E-state index contributed by atoms with van der Waals surface area (Å²) < 4.78 is 0. The number of aromatic nitrogens is 1. The highest BCUT2D eigenvalue weighted by molar-refractivity contribution is 6.05. The first-order valence-corrected chi connectivity index (χ1v) is 6.29. The molecule has 1 saturated heterocycles. The normalized spacial score (nSPS) is 16.7. The quantitative estimate of drug-likeness (QED) is 0.804. The van der Waals surface area contributed by atoms with Crippen LogP contribution in [0.2, 0.25) is 0 Å². The van der Waals surface area contributed by atoms with Gasteiger partial charge in [-0.15, -0.1) is 12.4 Å². The van der Waals surface area contributed by atoms with E-state index in [1.165, 1.54) is 5.56 Å². The van der Waals surface area contributed by atoms with Crippen LogP contribution in [0.1, 0.15) is 28.8 Å². The van der Waals surface area contributed by atoms with Crippen molar-refractivity contribution in [2.45, 2.75) is 12.8 Å². The summed E-state index contributed by atoms with van der Waals surface area (Å²) in [6.07, 6.45) is 1.87. The second-order valence-electron chi connectivity index (χ2n) is 5.04. The third kappa shape index (κ3) is 2.22. The summed E-state index contributed by atoms with van der Waals surface area (Å²) >= 11 is 0. The molecule has 4 N–H and O–H groups in total. The molecule has 1 aliphatic heterocycles. The van der Waals surface area contributed by atoms with Gasteiger partial charge in [0.05, 0.1) is 11.1 Å². The fourth-order valence-corrected chi connectivity index (χ4v) is 2.70. The summed E-state index contributed by atoms with van der Waals surface area (Å²) in [6, 6.07) is 5.90. The number of aromatic amines is 1. The van der Waals surface area contributed by atoms with E-state index >= 15 is 0 Å². The van der Waals surface area contributed by atoms with E-state index in [2.05, 4.69) is 17.2 Å². The lowest BCUT2D eigenvalue weighted by Gasteiger charge is -2.33. The molecule has 102 valence electrons. The van der Waals surface area contributed by atoms with Crippen LogP contribution >= 0.6 is 12.4 Å². The Morgan fingerprint density at radius 1 is 1.37 bits per heavy atom. The van der Waals surface area contributed by atoms with Crippen LogP contribution in [0.3, 0.4) is 0 Å². The summed E-state index contributed by atoms with van der Waals surface area (Å²) in [5.41, 5.74) is 8.12. The number of amides is 1. The molecule has 19 heavy (non-hydrogen) atoms. The molecule has 3 rings (SSSR count). The molecule has 2 aromatic rings. The molecule has 0 saturated carbocycles. The first-order valence-electron chi connectivity index (χ1n) is 6.29. The lowest BCUT2D eigenvalue weighted by atomic mass is 9.82. The molecule has 5 heteroatoms. The SMILES string of the molecule is C[C@H](c1ccc(C(N)=O)c2[nH]ccc12)C1CNC1.Cl. The fraction of sp³-hybridized carbons (Fsp3) is 0.357. The summed E-state index contributed by atoms with van der Waals surface area (Å²) in [4.78, 5) is 14.5. The molecule has 2 heterocycles. The smallest absolute Gasteiger partial charge is 0.250 e. The number of nitrogens with one attached hydrogen (secondary N) is 2. The predicted octanol–water partition coefficient (Wildman–Crippen LogP) is 2.01. The zero-order valence-corrected chi connectivity index (χ0v) is 11.6. The summed E-state index contributed by atoms with van der Waals surface area (Å²) in [6.45, 7) is 4.40.